The highest BCUT2D eigenvalue weighted by Gasteiger charge is 2.19. The summed E-state index contributed by atoms with van der Waals surface area (Å²) in [6, 6.07) is 61.6. The first-order valence-corrected chi connectivity index (χ1v) is 16.8. The second-order valence-corrected chi connectivity index (χ2v) is 12.6. The van der Waals surface area contributed by atoms with Crippen LogP contribution in [0.15, 0.2) is 180 Å². The van der Waals surface area contributed by atoms with Crippen LogP contribution < -0.4 is 0 Å². The molecular weight excluding hydrogens is 611 g/mol. The van der Waals surface area contributed by atoms with E-state index in [0.29, 0.717) is 11.5 Å². The largest absolute Gasteiger partial charge is 0.438 e. The molecule has 0 aliphatic rings. The number of fused-ring (bicyclic) bond motifs is 6. The van der Waals surface area contributed by atoms with Crippen LogP contribution in [0, 0.1) is 0 Å². The Bertz CT molecular complexity index is 2850. The summed E-state index contributed by atoms with van der Waals surface area (Å²) >= 11 is 0. The van der Waals surface area contributed by atoms with Gasteiger partial charge in [0.15, 0.2) is 5.82 Å². The zero-order chi connectivity index (χ0) is 33.0. The lowest BCUT2D eigenvalue weighted by molar-refractivity contribution is 0.653. The number of para-hydroxylation sites is 2. The van der Waals surface area contributed by atoms with Crippen molar-refractivity contribution in [3.8, 4) is 50.6 Å². The molecule has 0 unspecified atom stereocenters. The quantitative estimate of drug-likeness (QED) is 0.188. The Labute approximate surface area is 288 Å². The van der Waals surface area contributed by atoms with Gasteiger partial charge in [-0.3, -0.25) is 0 Å². The Morgan fingerprint density at radius 3 is 1.78 bits per heavy atom. The van der Waals surface area contributed by atoms with Gasteiger partial charge in [-0.2, -0.15) is 4.98 Å². The fraction of sp³-hybridized carbons (Fsp3) is 0. The number of hydrogen-bond donors (Lipinski definition) is 0. The van der Waals surface area contributed by atoms with E-state index in [-0.39, 0.29) is 0 Å². The summed E-state index contributed by atoms with van der Waals surface area (Å²) in [5.41, 5.74) is 12.3. The van der Waals surface area contributed by atoms with Crippen LogP contribution in [0.3, 0.4) is 0 Å². The maximum atomic E-state index is 6.42. The van der Waals surface area contributed by atoms with Crippen molar-refractivity contribution in [1.82, 2.24) is 14.5 Å². The van der Waals surface area contributed by atoms with Gasteiger partial charge in [0.05, 0.1) is 22.1 Å². The zero-order valence-corrected chi connectivity index (χ0v) is 27.0. The molecule has 0 saturated heterocycles. The number of rotatable bonds is 5. The molecule has 0 amide bonds. The third kappa shape index (κ3) is 4.61. The summed E-state index contributed by atoms with van der Waals surface area (Å²) in [6.45, 7) is 0. The highest BCUT2D eigenvalue weighted by atomic mass is 16.3. The number of aromatic nitrogens is 3. The van der Waals surface area contributed by atoms with E-state index in [9.17, 15) is 0 Å². The third-order valence-corrected chi connectivity index (χ3v) is 9.63. The predicted octanol–water partition coefficient (Wildman–Crippen LogP) is 12.1. The first kappa shape index (κ1) is 28.3. The van der Waals surface area contributed by atoms with E-state index in [2.05, 4.69) is 132 Å². The SMILES string of the molecule is c1ccc(-c2nc(-c3ccccc3)c3c(n2)oc2ccc(-c4cccc(-c5ccc6c7ccccc7n(-c7ccccc7)c6c5)c4)cc23)cc1. The molecule has 0 aliphatic heterocycles. The molecule has 0 fully saturated rings. The normalized spacial score (nSPS) is 11.6. The van der Waals surface area contributed by atoms with Crippen LogP contribution in [-0.4, -0.2) is 14.5 Å². The summed E-state index contributed by atoms with van der Waals surface area (Å²) in [6.07, 6.45) is 0. The van der Waals surface area contributed by atoms with Crippen molar-refractivity contribution >= 4 is 43.9 Å². The minimum atomic E-state index is 0.584. The van der Waals surface area contributed by atoms with Gasteiger partial charge in [0, 0.05) is 33.0 Å². The smallest absolute Gasteiger partial charge is 0.231 e. The van der Waals surface area contributed by atoms with E-state index < -0.39 is 0 Å². The van der Waals surface area contributed by atoms with Crippen molar-refractivity contribution in [3.63, 3.8) is 0 Å². The molecule has 10 rings (SSSR count). The Morgan fingerprint density at radius 1 is 0.400 bits per heavy atom. The summed E-state index contributed by atoms with van der Waals surface area (Å²) in [4.78, 5) is 10.0. The highest BCUT2D eigenvalue weighted by Crippen LogP contribution is 2.39. The molecule has 0 bridgehead atoms. The van der Waals surface area contributed by atoms with Gasteiger partial charge in [-0.15, -0.1) is 0 Å². The molecular formula is C46H29N3O. The predicted molar refractivity (Wildman–Crippen MR) is 205 cm³/mol. The maximum absolute atomic E-state index is 6.42. The van der Waals surface area contributed by atoms with E-state index in [4.69, 9.17) is 14.4 Å². The number of hydrogen-bond acceptors (Lipinski definition) is 3. The summed E-state index contributed by atoms with van der Waals surface area (Å²) in [5, 5.41) is 4.41. The average Bonchev–Trinajstić information content (AvgIpc) is 3.73. The number of nitrogens with zero attached hydrogens (tertiary/aromatic N) is 3. The van der Waals surface area contributed by atoms with E-state index in [1.54, 1.807) is 0 Å². The molecule has 3 heterocycles. The molecule has 0 saturated carbocycles. The number of furan rings is 1. The van der Waals surface area contributed by atoms with Crippen molar-refractivity contribution in [2.75, 3.05) is 0 Å². The van der Waals surface area contributed by atoms with Gasteiger partial charge in [-0.25, -0.2) is 4.98 Å². The van der Waals surface area contributed by atoms with Crippen LogP contribution in [0.5, 0.6) is 0 Å². The van der Waals surface area contributed by atoms with E-state index in [1.807, 2.05) is 48.5 Å². The minimum absolute atomic E-state index is 0.584. The Balaban J connectivity index is 1.12. The molecule has 0 N–H and O–H groups in total. The van der Waals surface area contributed by atoms with Crippen LogP contribution in [0.2, 0.25) is 0 Å². The lowest BCUT2D eigenvalue weighted by Crippen LogP contribution is -1.93. The first-order valence-electron chi connectivity index (χ1n) is 16.8. The van der Waals surface area contributed by atoms with Crippen LogP contribution in [-0.2, 0) is 0 Å². The standard InChI is InChI=1S/C46H29N3O/c1-4-13-30(14-5-1)44-43-39-28-34(24-26-42(39)50-46(43)48-45(47-44)31-15-6-2-7-16-31)32-17-12-18-33(27-32)35-23-25-38-37-21-10-11-22-40(37)49(41(38)29-35)36-19-8-3-9-20-36/h1-29H. The van der Waals surface area contributed by atoms with Crippen LogP contribution >= 0.6 is 0 Å². The maximum Gasteiger partial charge on any atom is 0.231 e. The lowest BCUT2D eigenvalue weighted by atomic mass is 9.97. The fourth-order valence-corrected chi connectivity index (χ4v) is 7.26. The van der Waals surface area contributed by atoms with Crippen molar-refractivity contribution in [2.45, 2.75) is 0 Å². The van der Waals surface area contributed by atoms with Gasteiger partial charge in [0.2, 0.25) is 5.71 Å². The molecule has 50 heavy (non-hydrogen) atoms. The Kier molecular flexibility index (Phi) is 6.46. The fourth-order valence-electron chi connectivity index (χ4n) is 7.26. The molecule has 0 aliphatic carbocycles. The highest BCUT2D eigenvalue weighted by molar-refractivity contribution is 6.12. The monoisotopic (exact) mass is 639 g/mol. The van der Waals surface area contributed by atoms with E-state index in [1.165, 1.54) is 27.4 Å². The second kappa shape index (κ2) is 11.4. The van der Waals surface area contributed by atoms with Gasteiger partial charge < -0.3 is 8.98 Å². The molecule has 0 spiro atoms. The van der Waals surface area contributed by atoms with Crippen molar-refractivity contribution in [2.24, 2.45) is 0 Å². The summed E-state index contributed by atoms with van der Waals surface area (Å²) in [5.74, 6) is 0.646. The van der Waals surface area contributed by atoms with E-state index >= 15 is 0 Å². The van der Waals surface area contributed by atoms with Crippen LogP contribution in [0.1, 0.15) is 0 Å². The van der Waals surface area contributed by atoms with Crippen molar-refractivity contribution in [3.05, 3.63) is 176 Å². The third-order valence-electron chi connectivity index (χ3n) is 9.63. The topological polar surface area (TPSA) is 43.9 Å². The molecule has 0 radical (unpaired) electrons. The molecule has 3 aromatic heterocycles. The van der Waals surface area contributed by atoms with Gasteiger partial charge in [-0.05, 0) is 64.7 Å². The van der Waals surface area contributed by atoms with Gasteiger partial charge >= 0.3 is 0 Å². The molecule has 7 aromatic carbocycles. The van der Waals surface area contributed by atoms with Crippen LogP contribution in [0.4, 0.5) is 0 Å². The Hall–Kier alpha value is -6.78. The second-order valence-electron chi connectivity index (χ2n) is 12.6. The molecule has 234 valence electrons. The van der Waals surface area contributed by atoms with Crippen LogP contribution in [0.25, 0.3) is 94.5 Å². The van der Waals surface area contributed by atoms with Gasteiger partial charge in [0.1, 0.15) is 5.58 Å². The Morgan fingerprint density at radius 2 is 1.00 bits per heavy atom. The summed E-state index contributed by atoms with van der Waals surface area (Å²) < 4.78 is 8.79. The molecule has 4 nitrogen and oxygen atoms in total. The molecule has 0 atom stereocenters. The molecule has 4 heteroatoms. The first-order chi connectivity index (χ1) is 24.8. The van der Waals surface area contributed by atoms with Gasteiger partial charge in [0.25, 0.3) is 0 Å². The van der Waals surface area contributed by atoms with Crippen molar-refractivity contribution in [1.29, 1.82) is 0 Å². The van der Waals surface area contributed by atoms with Crippen molar-refractivity contribution < 1.29 is 4.42 Å². The lowest BCUT2D eigenvalue weighted by Gasteiger charge is -2.10. The minimum Gasteiger partial charge on any atom is -0.438 e. The summed E-state index contributed by atoms with van der Waals surface area (Å²) in [7, 11) is 0. The number of benzene rings is 7. The average molecular weight is 640 g/mol. The molecule has 10 aromatic rings. The zero-order valence-electron chi connectivity index (χ0n) is 27.0. The van der Waals surface area contributed by atoms with E-state index in [0.717, 1.165) is 55.6 Å². The van der Waals surface area contributed by atoms with Gasteiger partial charge in [-0.1, -0.05) is 133 Å².